The lowest BCUT2D eigenvalue weighted by atomic mass is 9.85. The van der Waals surface area contributed by atoms with Crippen LogP contribution in [0.3, 0.4) is 0 Å². The van der Waals surface area contributed by atoms with Crippen molar-refractivity contribution in [1.82, 2.24) is 4.90 Å². The zero-order valence-corrected chi connectivity index (χ0v) is 14.8. The van der Waals surface area contributed by atoms with E-state index in [-0.39, 0.29) is 5.56 Å². The van der Waals surface area contributed by atoms with E-state index in [1.54, 1.807) is 26.0 Å². The van der Waals surface area contributed by atoms with E-state index in [4.69, 9.17) is 4.74 Å². The monoisotopic (exact) mass is 365 g/mol. The summed E-state index contributed by atoms with van der Waals surface area (Å²) >= 11 is 1.30. The van der Waals surface area contributed by atoms with Crippen molar-refractivity contribution in [3.63, 3.8) is 0 Å². The first-order valence-corrected chi connectivity index (χ1v) is 8.66. The highest BCUT2D eigenvalue weighted by molar-refractivity contribution is 8.01. The number of carboxylic acids is 1. The van der Waals surface area contributed by atoms with Crippen molar-refractivity contribution in [2.75, 3.05) is 7.11 Å². The Bertz CT molecular complexity index is 731. The van der Waals surface area contributed by atoms with Crippen LogP contribution in [0.1, 0.15) is 24.2 Å². The van der Waals surface area contributed by atoms with Crippen LogP contribution in [0.4, 0.5) is 0 Å². The molecule has 2 N–H and O–H groups in total. The SMILES string of the molecule is COc1ccc(C(=O)[C@@H](O)[C@@H]2C(=O)N3[C@@H]2SC(C)(C)[C@@H]3C(=O)O)cc1. The van der Waals surface area contributed by atoms with Gasteiger partial charge in [0, 0.05) is 10.3 Å². The van der Waals surface area contributed by atoms with Gasteiger partial charge < -0.3 is 19.8 Å². The molecule has 4 atom stereocenters. The molecular formula is C17H19NO6S. The van der Waals surface area contributed by atoms with Gasteiger partial charge in [-0.2, -0.15) is 0 Å². The van der Waals surface area contributed by atoms with Crippen LogP contribution in [0.15, 0.2) is 24.3 Å². The summed E-state index contributed by atoms with van der Waals surface area (Å²) < 4.78 is 4.34. The fourth-order valence-corrected chi connectivity index (χ4v) is 5.14. The maximum absolute atomic E-state index is 12.5. The lowest BCUT2D eigenvalue weighted by Crippen LogP contribution is -2.66. The molecule has 1 aromatic rings. The minimum Gasteiger partial charge on any atom is -0.497 e. The van der Waals surface area contributed by atoms with Gasteiger partial charge in [0.05, 0.1) is 12.5 Å². The van der Waals surface area contributed by atoms with Crippen molar-refractivity contribution in [2.24, 2.45) is 5.92 Å². The van der Waals surface area contributed by atoms with Crippen molar-refractivity contribution in [2.45, 2.75) is 36.1 Å². The molecule has 25 heavy (non-hydrogen) atoms. The topological polar surface area (TPSA) is 104 Å². The third kappa shape index (κ3) is 2.69. The summed E-state index contributed by atoms with van der Waals surface area (Å²) in [4.78, 5) is 37.7. The number of amides is 1. The van der Waals surface area contributed by atoms with E-state index in [0.29, 0.717) is 5.75 Å². The Labute approximate surface area is 149 Å². The molecule has 3 rings (SSSR count). The van der Waals surface area contributed by atoms with Crippen LogP contribution < -0.4 is 4.74 Å². The molecule has 0 saturated carbocycles. The largest absolute Gasteiger partial charge is 0.497 e. The van der Waals surface area contributed by atoms with Crippen LogP contribution in [0.5, 0.6) is 5.75 Å². The number of ketones is 1. The Morgan fingerprint density at radius 2 is 1.88 bits per heavy atom. The van der Waals surface area contributed by atoms with Gasteiger partial charge in [-0.05, 0) is 38.1 Å². The second-order valence-corrected chi connectivity index (χ2v) is 8.43. The van der Waals surface area contributed by atoms with Gasteiger partial charge in [0.15, 0.2) is 5.78 Å². The van der Waals surface area contributed by atoms with Crippen LogP contribution in [-0.2, 0) is 9.59 Å². The molecule has 0 aromatic heterocycles. The zero-order valence-electron chi connectivity index (χ0n) is 14.0. The molecule has 134 valence electrons. The highest BCUT2D eigenvalue weighted by Crippen LogP contribution is 2.54. The smallest absolute Gasteiger partial charge is 0.327 e. The van der Waals surface area contributed by atoms with Crippen LogP contribution >= 0.6 is 11.8 Å². The minimum absolute atomic E-state index is 0.275. The summed E-state index contributed by atoms with van der Waals surface area (Å²) in [7, 11) is 1.51. The molecule has 2 saturated heterocycles. The lowest BCUT2D eigenvalue weighted by molar-refractivity contribution is -0.167. The number of thioether (sulfide) groups is 1. The predicted molar refractivity (Wildman–Crippen MR) is 90.5 cm³/mol. The van der Waals surface area contributed by atoms with Gasteiger partial charge in [-0.25, -0.2) is 4.79 Å². The number of methoxy groups -OCH3 is 1. The first kappa shape index (κ1) is 17.8. The molecule has 2 heterocycles. The van der Waals surface area contributed by atoms with E-state index in [0.717, 1.165) is 0 Å². The molecule has 2 aliphatic heterocycles. The summed E-state index contributed by atoms with van der Waals surface area (Å²) in [5.41, 5.74) is 0.275. The number of Topliss-reactive ketones (excluding diaryl/α,β-unsaturated/α-hetero) is 1. The molecule has 1 aromatic carbocycles. The van der Waals surface area contributed by atoms with E-state index in [9.17, 15) is 24.6 Å². The Morgan fingerprint density at radius 3 is 2.40 bits per heavy atom. The fourth-order valence-electron chi connectivity index (χ4n) is 3.42. The molecule has 2 fully saturated rings. The van der Waals surface area contributed by atoms with Gasteiger partial charge in [0.25, 0.3) is 0 Å². The number of ether oxygens (including phenoxy) is 1. The second-order valence-electron chi connectivity index (χ2n) is 6.66. The van der Waals surface area contributed by atoms with Crippen molar-refractivity contribution >= 4 is 29.4 Å². The molecule has 0 spiro atoms. The molecule has 2 aliphatic rings. The van der Waals surface area contributed by atoms with Crippen molar-refractivity contribution in [1.29, 1.82) is 0 Å². The number of rotatable bonds is 5. The number of β-lactam (4-membered cyclic amide) rings is 1. The number of aliphatic carboxylic acids is 1. The molecule has 0 unspecified atom stereocenters. The number of nitrogens with zero attached hydrogens (tertiary/aromatic N) is 1. The fraction of sp³-hybridized carbons (Fsp3) is 0.471. The number of benzene rings is 1. The molecule has 8 heteroatoms. The van der Waals surface area contributed by atoms with E-state index in [1.165, 1.54) is 35.9 Å². The van der Waals surface area contributed by atoms with Crippen molar-refractivity contribution in [3.05, 3.63) is 29.8 Å². The molecule has 0 bridgehead atoms. The van der Waals surface area contributed by atoms with Gasteiger partial charge >= 0.3 is 5.97 Å². The average Bonchev–Trinajstić information content (AvgIpc) is 2.82. The van der Waals surface area contributed by atoms with Gasteiger partial charge in [-0.1, -0.05) is 0 Å². The van der Waals surface area contributed by atoms with Crippen LogP contribution in [0, 0.1) is 5.92 Å². The quantitative estimate of drug-likeness (QED) is 0.592. The Kier molecular flexibility index (Phi) is 4.28. The van der Waals surface area contributed by atoms with Gasteiger partial charge in [-0.3, -0.25) is 9.59 Å². The standard InChI is InChI=1S/C17H19NO6S/c1-17(2)13(16(22)23)18-14(21)10(15(18)25-17)12(20)11(19)8-4-6-9(24-3)7-5-8/h4-7,10,12-13,15,20H,1-3H3,(H,22,23)/t10-,12+,13+,15-/m1/s1. The Morgan fingerprint density at radius 1 is 1.28 bits per heavy atom. The maximum atomic E-state index is 12.5. The van der Waals surface area contributed by atoms with Gasteiger partial charge in [0.1, 0.15) is 23.8 Å². The number of carboxylic acid groups (broad SMARTS) is 1. The molecule has 0 aliphatic carbocycles. The van der Waals surface area contributed by atoms with E-state index in [2.05, 4.69) is 0 Å². The average molecular weight is 365 g/mol. The number of carbonyl (C=O) groups excluding carboxylic acids is 2. The first-order chi connectivity index (χ1) is 11.7. The summed E-state index contributed by atoms with van der Waals surface area (Å²) in [6.45, 7) is 3.49. The second kappa shape index (κ2) is 6.03. The number of hydrogen-bond acceptors (Lipinski definition) is 6. The number of carbonyl (C=O) groups is 3. The Hall–Kier alpha value is -2.06. The third-order valence-electron chi connectivity index (χ3n) is 4.70. The normalized spacial score (nSPS) is 28.1. The number of aliphatic hydroxyl groups excluding tert-OH is 1. The number of hydrogen-bond donors (Lipinski definition) is 2. The number of aliphatic hydroxyl groups is 1. The van der Waals surface area contributed by atoms with E-state index >= 15 is 0 Å². The maximum Gasteiger partial charge on any atom is 0.327 e. The van der Waals surface area contributed by atoms with Gasteiger partial charge in [-0.15, -0.1) is 11.8 Å². The molecule has 0 radical (unpaired) electrons. The van der Waals surface area contributed by atoms with Crippen molar-refractivity contribution in [3.8, 4) is 5.75 Å². The lowest BCUT2D eigenvalue weighted by Gasteiger charge is -2.45. The van der Waals surface area contributed by atoms with E-state index in [1.807, 2.05) is 0 Å². The van der Waals surface area contributed by atoms with Crippen LogP contribution in [0.25, 0.3) is 0 Å². The predicted octanol–water partition coefficient (Wildman–Crippen LogP) is 1.00. The first-order valence-electron chi connectivity index (χ1n) is 7.78. The summed E-state index contributed by atoms with van der Waals surface area (Å²) in [6.07, 6.45) is -1.50. The minimum atomic E-state index is -1.50. The summed E-state index contributed by atoms with van der Waals surface area (Å²) in [6, 6.07) is 5.29. The van der Waals surface area contributed by atoms with Crippen LogP contribution in [0.2, 0.25) is 0 Å². The number of fused-ring (bicyclic) bond motifs is 1. The van der Waals surface area contributed by atoms with Gasteiger partial charge in [0.2, 0.25) is 5.91 Å². The highest BCUT2D eigenvalue weighted by Gasteiger charge is 2.65. The zero-order chi connectivity index (χ0) is 18.5. The molecular weight excluding hydrogens is 346 g/mol. The summed E-state index contributed by atoms with van der Waals surface area (Å²) in [5, 5.41) is 19.3. The third-order valence-corrected chi connectivity index (χ3v) is 6.29. The Balaban J connectivity index is 1.80. The highest BCUT2D eigenvalue weighted by atomic mass is 32.2. The van der Waals surface area contributed by atoms with E-state index < -0.39 is 45.8 Å². The molecule has 7 nitrogen and oxygen atoms in total. The molecule has 1 amide bonds. The van der Waals surface area contributed by atoms with Crippen LogP contribution in [-0.4, -0.2) is 62.1 Å². The summed E-state index contributed by atoms with van der Waals surface area (Å²) in [5.74, 6) is -2.48. The van der Waals surface area contributed by atoms with Crippen molar-refractivity contribution < 1.29 is 29.3 Å².